The molecule has 3 rings (SSSR count). The van der Waals surface area contributed by atoms with Gasteiger partial charge in [-0.05, 0) is 74.6 Å². The van der Waals surface area contributed by atoms with Crippen molar-refractivity contribution >= 4 is 21.6 Å². The van der Waals surface area contributed by atoms with Crippen molar-refractivity contribution in [3.63, 3.8) is 0 Å². The van der Waals surface area contributed by atoms with Gasteiger partial charge < -0.3 is 10.1 Å². The topological polar surface area (TPSA) is 75.7 Å². The van der Waals surface area contributed by atoms with Gasteiger partial charge in [-0.2, -0.15) is 4.31 Å². The van der Waals surface area contributed by atoms with E-state index in [2.05, 4.69) is 5.32 Å². The molecule has 2 aromatic rings. The van der Waals surface area contributed by atoms with Crippen LogP contribution in [0.1, 0.15) is 37.3 Å². The number of amides is 1. The molecule has 0 bridgehead atoms. The van der Waals surface area contributed by atoms with Crippen LogP contribution in [0.4, 0.5) is 5.69 Å². The van der Waals surface area contributed by atoms with Crippen molar-refractivity contribution in [3.05, 3.63) is 53.6 Å². The van der Waals surface area contributed by atoms with Crippen molar-refractivity contribution < 1.29 is 17.9 Å². The first-order valence-corrected chi connectivity index (χ1v) is 11.4. The molecule has 1 aliphatic rings. The molecule has 0 spiro atoms. The number of carbonyl (C=O) groups is 1. The minimum atomic E-state index is -3.46. The molecular formula is C22H28N2O4S. The highest BCUT2D eigenvalue weighted by Crippen LogP contribution is 2.24. The predicted octanol–water partition coefficient (Wildman–Crippen LogP) is 3.88. The van der Waals surface area contributed by atoms with Crippen molar-refractivity contribution in [2.75, 3.05) is 18.4 Å². The van der Waals surface area contributed by atoms with Gasteiger partial charge in [-0.15, -0.1) is 0 Å². The monoisotopic (exact) mass is 416 g/mol. The highest BCUT2D eigenvalue weighted by Gasteiger charge is 2.27. The number of hydrogen-bond donors (Lipinski definition) is 1. The third-order valence-electron chi connectivity index (χ3n) is 5.10. The molecule has 6 nitrogen and oxygen atoms in total. The lowest BCUT2D eigenvalue weighted by Crippen LogP contribution is -2.32. The van der Waals surface area contributed by atoms with Crippen LogP contribution in [0.2, 0.25) is 0 Å². The SMILES string of the molecule is CCC(Oc1cc(C)ccc1C)C(=O)Nc1ccc(S(=O)(=O)N2CCCC2)cc1. The van der Waals surface area contributed by atoms with Crippen molar-refractivity contribution in [3.8, 4) is 5.75 Å². The first kappa shape index (κ1) is 21.3. The van der Waals surface area contributed by atoms with Gasteiger partial charge in [0.1, 0.15) is 5.75 Å². The molecule has 0 aliphatic carbocycles. The fourth-order valence-corrected chi connectivity index (χ4v) is 4.84. The van der Waals surface area contributed by atoms with Crippen molar-refractivity contribution in [2.24, 2.45) is 0 Å². The number of benzene rings is 2. The Labute approximate surface area is 172 Å². The quantitative estimate of drug-likeness (QED) is 0.743. The van der Waals surface area contributed by atoms with Crippen LogP contribution < -0.4 is 10.1 Å². The van der Waals surface area contributed by atoms with Gasteiger partial charge in [-0.1, -0.05) is 19.1 Å². The Morgan fingerprint density at radius 1 is 1.10 bits per heavy atom. The maximum absolute atomic E-state index is 12.7. The molecule has 1 heterocycles. The lowest BCUT2D eigenvalue weighted by atomic mass is 10.1. The number of nitrogens with zero attached hydrogens (tertiary/aromatic N) is 1. The minimum Gasteiger partial charge on any atom is -0.480 e. The van der Waals surface area contributed by atoms with Crippen LogP contribution in [0.15, 0.2) is 47.4 Å². The summed E-state index contributed by atoms with van der Waals surface area (Å²) in [5.74, 6) is 0.433. The molecule has 0 radical (unpaired) electrons. The predicted molar refractivity (Wildman–Crippen MR) is 114 cm³/mol. The molecule has 2 aromatic carbocycles. The number of carbonyl (C=O) groups excluding carboxylic acids is 1. The zero-order valence-electron chi connectivity index (χ0n) is 17.1. The molecule has 156 valence electrons. The highest BCUT2D eigenvalue weighted by atomic mass is 32.2. The molecule has 1 N–H and O–H groups in total. The number of aryl methyl sites for hydroxylation is 2. The molecule has 1 amide bonds. The van der Waals surface area contributed by atoms with E-state index in [1.54, 1.807) is 12.1 Å². The second-order valence-electron chi connectivity index (χ2n) is 7.41. The molecule has 1 saturated heterocycles. The minimum absolute atomic E-state index is 0.246. The maximum Gasteiger partial charge on any atom is 0.265 e. The highest BCUT2D eigenvalue weighted by molar-refractivity contribution is 7.89. The number of nitrogens with one attached hydrogen (secondary N) is 1. The van der Waals surface area contributed by atoms with Crippen LogP contribution in [-0.4, -0.2) is 37.8 Å². The van der Waals surface area contributed by atoms with Gasteiger partial charge in [-0.25, -0.2) is 8.42 Å². The third kappa shape index (κ3) is 4.97. The Balaban J connectivity index is 1.68. The summed E-state index contributed by atoms with van der Waals surface area (Å²) < 4.78 is 32.7. The number of hydrogen-bond acceptors (Lipinski definition) is 4. The smallest absolute Gasteiger partial charge is 0.265 e. The molecule has 0 aromatic heterocycles. The molecule has 1 aliphatic heterocycles. The summed E-state index contributed by atoms with van der Waals surface area (Å²) in [5.41, 5.74) is 2.58. The fourth-order valence-electron chi connectivity index (χ4n) is 3.32. The number of sulfonamides is 1. The number of ether oxygens (including phenoxy) is 1. The molecule has 1 atom stereocenters. The summed E-state index contributed by atoms with van der Waals surface area (Å²) in [6.45, 7) is 6.94. The molecule has 1 unspecified atom stereocenters. The van der Waals surface area contributed by atoms with E-state index in [0.29, 0.717) is 30.9 Å². The van der Waals surface area contributed by atoms with E-state index < -0.39 is 16.1 Å². The maximum atomic E-state index is 12.7. The van der Waals surface area contributed by atoms with Crippen molar-refractivity contribution in [2.45, 2.75) is 51.0 Å². The van der Waals surface area contributed by atoms with Gasteiger partial charge in [0, 0.05) is 18.8 Å². The van der Waals surface area contributed by atoms with Crippen molar-refractivity contribution in [1.82, 2.24) is 4.31 Å². The van der Waals surface area contributed by atoms with Gasteiger partial charge in [0.15, 0.2) is 6.10 Å². The van der Waals surface area contributed by atoms with E-state index in [1.807, 2.05) is 39.0 Å². The van der Waals surface area contributed by atoms with Gasteiger partial charge in [0.05, 0.1) is 4.90 Å². The second kappa shape index (κ2) is 8.97. The third-order valence-corrected chi connectivity index (χ3v) is 7.01. The van der Waals surface area contributed by atoms with Gasteiger partial charge in [0.25, 0.3) is 5.91 Å². The average molecular weight is 417 g/mol. The fraction of sp³-hybridized carbons (Fsp3) is 0.409. The van der Waals surface area contributed by atoms with Crippen LogP contribution in [0.25, 0.3) is 0 Å². The second-order valence-corrected chi connectivity index (χ2v) is 9.35. The summed E-state index contributed by atoms with van der Waals surface area (Å²) >= 11 is 0. The Morgan fingerprint density at radius 2 is 1.76 bits per heavy atom. The van der Waals surface area contributed by atoms with E-state index >= 15 is 0 Å². The van der Waals surface area contributed by atoms with E-state index in [0.717, 1.165) is 24.0 Å². The van der Waals surface area contributed by atoms with E-state index in [9.17, 15) is 13.2 Å². The lowest BCUT2D eigenvalue weighted by molar-refractivity contribution is -0.122. The average Bonchev–Trinajstić information content (AvgIpc) is 3.24. The number of anilines is 1. The molecule has 0 saturated carbocycles. The van der Waals surface area contributed by atoms with Crippen LogP contribution in [0.5, 0.6) is 5.75 Å². The van der Waals surface area contributed by atoms with E-state index in [4.69, 9.17) is 4.74 Å². The zero-order chi connectivity index (χ0) is 21.0. The molecule has 1 fully saturated rings. The summed E-state index contributed by atoms with van der Waals surface area (Å²) in [6.07, 6.45) is 1.67. The summed E-state index contributed by atoms with van der Waals surface area (Å²) in [4.78, 5) is 12.9. The molecule has 29 heavy (non-hydrogen) atoms. The lowest BCUT2D eigenvalue weighted by Gasteiger charge is -2.19. The Hall–Kier alpha value is -2.38. The normalized spacial score (nSPS) is 15.8. The van der Waals surface area contributed by atoms with Crippen molar-refractivity contribution in [1.29, 1.82) is 0 Å². The summed E-state index contributed by atoms with van der Waals surface area (Å²) in [5, 5.41) is 2.82. The summed E-state index contributed by atoms with van der Waals surface area (Å²) in [7, 11) is -3.46. The Morgan fingerprint density at radius 3 is 2.38 bits per heavy atom. The summed E-state index contributed by atoms with van der Waals surface area (Å²) in [6, 6.07) is 12.2. The van der Waals surface area contributed by atoms with Crippen LogP contribution in [-0.2, 0) is 14.8 Å². The van der Waals surface area contributed by atoms with Gasteiger partial charge >= 0.3 is 0 Å². The van der Waals surface area contributed by atoms with Gasteiger partial charge in [-0.3, -0.25) is 4.79 Å². The number of rotatable bonds is 7. The first-order valence-electron chi connectivity index (χ1n) is 9.96. The largest absolute Gasteiger partial charge is 0.480 e. The van der Waals surface area contributed by atoms with Crippen LogP contribution in [0.3, 0.4) is 0 Å². The van der Waals surface area contributed by atoms with Crippen LogP contribution >= 0.6 is 0 Å². The first-order chi connectivity index (χ1) is 13.8. The molecular weight excluding hydrogens is 388 g/mol. The molecule has 7 heteroatoms. The Kier molecular flexibility index (Phi) is 6.59. The standard InChI is InChI=1S/C22H28N2O4S/c1-4-20(28-21-15-16(2)7-8-17(21)3)22(25)23-18-9-11-19(12-10-18)29(26,27)24-13-5-6-14-24/h7-12,15,20H,4-6,13-14H2,1-3H3,(H,23,25). The van der Waals surface area contributed by atoms with E-state index in [1.165, 1.54) is 16.4 Å². The van der Waals surface area contributed by atoms with Gasteiger partial charge in [0.2, 0.25) is 10.0 Å². The van der Waals surface area contributed by atoms with Crippen LogP contribution in [0, 0.1) is 13.8 Å². The van der Waals surface area contributed by atoms with E-state index in [-0.39, 0.29) is 10.8 Å². The zero-order valence-corrected chi connectivity index (χ0v) is 18.0. The Bertz CT molecular complexity index is 965.